The molecule has 2 N–H and O–H groups in total. The summed E-state index contributed by atoms with van der Waals surface area (Å²) >= 11 is 0. The van der Waals surface area contributed by atoms with E-state index in [0.717, 1.165) is 11.1 Å². The van der Waals surface area contributed by atoms with Gasteiger partial charge in [0.25, 0.3) is 5.91 Å². The quantitative estimate of drug-likeness (QED) is 0.769. The van der Waals surface area contributed by atoms with Gasteiger partial charge in [-0.2, -0.15) is 5.10 Å². The fourth-order valence-electron chi connectivity index (χ4n) is 3.13. The first-order chi connectivity index (χ1) is 12.1. The molecule has 0 fully saturated rings. The van der Waals surface area contributed by atoms with Crippen molar-refractivity contribution < 1.29 is 14.0 Å². The van der Waals surface area contributed by atoms with Crippen LogP contribution in [0.5, 0.6) is 0 Å². The van der Waals surface area contributed by atoms with Crippen LogP contribution in [0, 0.1) is 0 Å². The maximum atomic E-state index is 12.3. The van der Waals surface area contributed by atoms with Gasteiger partial charge in [-0.05, 0) is 17.7 Å². The van der Waals surface area contributed by atoms with E-state index in [2.05, 4.69) is 15.7 Å². The number of fused-ring (bicyclic) bond motifs is 1. The number of furan rings is 1. The molecule has 1 aromatic carbocycles. The van der Waals surface area contributed by atoms with Crippen LogP contribution >= 0.6 is 0 Å². The normalized spacial score (nSPS) is 16.2. The van der Waals surface area contributed by atoms with Crippen LogP contribution in [0.15, 0.2) is 53.1 Å². The second-order valence-electron chi connectivity index (χ2n) is 5.88. The molecule has 0 saturated heterocycles. The van der Waals surface area contributed by atoms with Crippen molar-refractivity contribution in [2.24, 2.45) is 7.05 Å². The van der Waals surface area contributed by atoms with Crippen LogP contribution in [0.2, 0.25) is 0 Å². The number of rotatable bonds is 3. The summed E-state index contributed by atoms with van der Waals surface area (Å²) in [6.07, 6.45) is 1.74. The molecule has 3 aromatic rings. The van der Waals surface area contributed by atoms with Crippen LogP contribution in [0.1, 0.15) is 34.0 Å². The highest BCUT2D eigenvalue weighted by molar-refractivity contribution is 6.04. The molecule has 25 heavy (non-hydrogen) atoms. The van der Waals surface area contributed by atoms with E-state index < -0.39 is 0 Å². The van der Waals surface area contributed by atoms with Crippen LogP contribution in [-0.4, -0.2) is 21.6 Å². The Kier molecular flexibility index (Phi) is 3.61. The van der Waals surface area contributed by atoms with E-state index in [9.17, 15) is 9.59 Å². The van der Waals surface area contributed by atoms with Gasteiger partial charge in [0.2, 0.25) is 5.91 Å². The maximum absolute atomic E-state index is 12.3. The number of aryl methyl sites for hydroxylation is 1. The zero-order valence-corrected chi connectivity index (χ0v) is 13.5. The van der Waals surface area contributed by atoms with E-state index in [1.807, 2.05) is 30.3 Å². The van der Waals surface area contributed by atoms with Crippen LogP contribution < -0.4 is 10.6 Å². The third kappa shape index (κ3) is 2.69. The van der Waals surface area contributed by atoms with Gasteiger partial charge in [0.15, 0.2) is 11.6 Å². The van der Waals surface area contributed by atoms with Crippen LogP contribution in [0.3, 0.4) is 0 Å². The zero-order valence-electron chi connectivity index (χ0n) is 13.5. The lowest BCUT2D eigenvalue weighted by molar-refractivity contribution is -0.116. The molecule has 0 radical (unpaired) electrons. The van der Waals surface area contributed by atoms with Crippen molar-refractivity contribution >= 4 is 23.5 Å². The second kappa shape index (κ2) is 5.94. The SMILES string of the molecule is Cn1nc(NC(=O)c2ccco2)c2c1NC(=O)C[C@H]2c1ccccc1. The first kappa shape index (κ1) is 15.2. The van der Waals surface area contributed by atoms with E-state index >= 15 is 0 Å². The van der Waals surface area contributed by atoms with Crippen molar-refractivity contribution in [1.29, 1.82) is 0 Å². The van der Waals surface area contributed by atoms with Gasteiger partial charge in [0, 0.05) is 24.9 Å². The molecule has 126 valence electrons. The zero-order chi connectivity index (χ0) is 17.4. The molecule has 7 heteroatoms. The Morgan fingerprint density at radius 3 is 2.80 bits per heavy atom. The Labute approximate surface area is 143 Å². The van der Waals surface area contributed by atoms with Crippen molar-refractivity contribution in [1.82, 2.24) is 9.78 Å². The summed E-state index contributed by atoms with van der Waals surface area (Å²) in [6, 6.07) is 13.0. The van der Waals surface area contributed by atoms with Gasteiger partial charge in [0.1, 0.15) is 5.82 Å². The monoisotopic (exact) mass is 336 g/mol. The van der Waals surface area contributed by atoms with E-state index in [1.54, 1.807) is 23.9 Å². The predicted octanol–water partition coefficient (Wildman–Crippen LogP) is 2.74. The molecular formula is C18H16N4O3. The molecule has 1 aliphatic heterocycles. The molecule has 7 nitrogen and oxygen atoms in total. The highest BCUT2D eigenvalue weighted by Gasteiger charge is 2.33. The minimum absolute atomic E-state index is 0.0757. The van der Waals surface area contributed by atoms with Crippen LogP contribution in [0.4, 0.5) is 11.6 Å². The summed E-state index contributed by atoms with van der Waals surface area (Å²) in [5.74, 6) is 0.594. The Bertz CT molecular complexity index is 929. The summed E-state index contributed by atoms with van der Waals surface area (Å²) in [5, 5.41) is 10.0. The van der Waals surface area contributed by atoms with Gasteiger partial charge in [-0.25, -0.2) is 0 Å². The summed E-state index contributed by atoms with van der Waals surface area (Å²) < 4.78 is 6.70. The van der Waals surface area contributed by atoms with Crippen molar-refractivity contribution in [2.75, 3.05) is 10.6 Å². The van der Waals surface area contributed by atoms with Crippen LogP contribution in [0.25, 0.3) is 0 Å². The minimum atomic E-state index is -0.380. The summed E-state index contributed by atoms with van der Waals surface area (Å²) in [7, 11) is 1.73. The Morgan fingerprint density at radius 2 is 2.08 bits per heavy atom. The van der Waals surface area contributed by atoms with E-state index in [4.69, 9.17) is 4.42 Å². The molecule has 3 heterocycles. The van der Waals surface area contributed by atoms with Gasteiger partial charge in [0.05, 0.1) is 6.26 Å². The lowest BCUT2D eigenvalue weighted by atomic mass is 9.86. The Balaban J connectivity index is 1.76. The van der Waals surface area contributed by atoms with Crippen molar-refractivity contribution in [3.63, 3.8) is 0 Å². The smallest absolute Gasteiger partial charge is 0.292 e. The number of nitrogens with one attached hydrogen (secondary N) is 2. The highest BCUT2D eigenvalue weighted by atomic mass is 16.3. The van der Waals surface area contributed by atoms with Crippen LogP contribution in [-0.2, 0) is 11.8 Å². The molecular weight excluding hydrogens is 320 g/mol. The fourth-order valence-corrected chi connectivity index (χ4v) is 3.13. The number of amides is 2. The van der Waals surface area contributed by atoms with Crippen molar-refractivity contribution in [3.8, 4) is 0 Å². The van der Waals surface area contributed by atoms with E-state index in [0.29, 0.717) is 18.1 Å². The van der Waals surface area contributed by atoms with Gasteiger partial charge >= 0.3 is 0 Å². The molecule has 0 spiro atoms. The van der Waals surface area contributed by atoms with Gasteiger partial charge in [-0.3, -0.25) is 14.3 Å². The number of hydrogen-bond acceptors (Lipinski definition) is 4. The van der Waals surface area contributed by atoms with Gasteiger partial charge in [-0.15, -0.1) is 0 Å². The number of hydrogen-bond donors (Lipinski definition) is 2. The number of carbonyl (C=O) groups excluding carboxylic acids is 2. The third-order valence-corrected chi connectivity index (χ3v) is 4.26. The summed E-state index contributed by atoms with van der Waals surface area (Å²) in [4.78, 5) is 24.5. The highest BCUT2D eigenvalue weighted by Crippen LogP contribution is 2.41. The molecule has 4 rings (SSSR count). The number of benzene rings is 1. The summed E-state index contributed by atoms with van der Waals surface area (Å²) in [6.45, 7) is 0. The molecule has 0 bridgehead atoms. The third-order valence-electron chi connectivity index (χ3n) is 4.26. The van der Waals surface area contributed by atoms with E-state index in [1.165, 1.54) is 6.26 Å². The predicted molar refractivity (Wildman–Crippen MR) is 91.4 cm³/mol. The first-order valence-electron chi connectivity index (χ1n) is 7.90. The number of carbonyl (C=O) groups is 2. The molecule has 0 saturated carbocycles. The number of nitrogens with zero attached hydrogens (tertiary/aromatic N) is 2. The lowest BCUT2D eigenvalue weighted by Crippen LogP contribution is -2.25. The second-order valence-corrected chi connectivity index (χ2v) is 5.88. The molecule has 2 aromatic heterocycles. The number of anilines is 2. The molecule has 2 amide bonds. The minimum Gasteiger partial charge on any atom is -0.459 e. The van der Waals surface area contributed by atoms with E-state index in [-0.39, 0.29) is 23.5 Å². The average molecular weight is 336 g/mol. The lowest BCUT2D eigenvalue weighted by Gasteiger charge is -2.24. The summed E-state index contributed by atoms with van der Waals surface area (Å²) in [5.41, 5.74) is 1.80. The molecule has 1 aliphatic rings. The topological polar surface area (TPSA) is 89.2 Å². The Morgan fingerprint density at radius 1 is 1.28 bits per heavy atom. The first-order valence-corrected chi connectivity index (χ1v) is 7.90. The fraction of sp³-hybridized carbons (Fsp3) is 0.167. The average Bonchev–Trinajstić information content (AvgIpc) is 3.24. The standard InChI is InChI=1S/C18H16N4O3/c1-22-17-15(16(21-22)20-18(24)13-8-5-9-25-13)12(10-14(23)19-17)11-6-3-2-4-7-11/h2-9,12H,10H2,1H3,(H,19,23)(H,20,21,24)/t12-/m0/s1. The van der Waals surface area contributed by atoms with Crippen molar-refractivity contribution in [2.45, 2.75) is 12.3 Å². The number of aromatic nitrogens is 2. The van der Waals surface area contributed by atoms with Crippen molar-refractivity contribution in [3.05, 3.63) is 65.6 Å². The van der Waals surface area contributed by atoms with Gasteiger partial charge in [-0.1, -0.05) is 30.3 Å². The maximum Gasteiger partial charge on any atom is 0.292 e. The molecule has 0 unspecified atom stereocenters. The molecule has 1 atom stereocenters. The largest absolute Gasteiger partial charge is 0.459 e. The Hall–Kier alpha value is -3.35. The molecule has 0 aliphatic carbocycles. The van der Waals surface area contributed by atoms with Gasteiger partial charge < -0.3 is 15.1 Å².